The molecule has 0 N–H and O–H groups in total. The van der Waals surface area contributed by atoms with Crippen LogP contribution in [0.15, 0.2) is 12.1 Å². The summed E-state index contributed by atoms with van der Waals surface area (Å²) in [7, 11) is 3.04. The van der Waals surface area contributed by atoms with E-state index in [-0.39, 0.29) is 11.9 Å². The topological polar surface area (TPSA) is 44.8 Å². The van der Waals surface area contributed by atoms with Crippen molar-refractivity contribution in [3.63, 3.8) is 0 Å². The molecule has 0 spiro atoms. The largest absolute Gasteiger partial charge is 0.493 e. The molecule has 0 aliphatic carbocycles. The highest BCUT2D eigenvalue weighted by Crippen LogP contribution is 2.34. The molecule has 1 aliphatic heterocycles. The number of halogens is 1. The average Bonchev–Trinajstić information content (AvgIpc) is 2.91. The summed E-state index contributed by atoms with van der Waals surface area (Å²) < 4.78 is 15.7. The monoisotopic (exact) mass is 270 g/mol. The Balaban J connectivity index is 2.34. The van der Waals surface area contributed by atoms with Gasteiger partial charge in [-0.1, -0.05) is 11.6 Å². The second kappa shape index (κ2) is 5.59. The number of Topliss-reactive ketones (excluding diaryl/α,β-unsaturated/α-hetero) is 1. The van der Waals surface area contributed by atoms with Crippen LogP contribution in [0.2, 0.25) is 5.02 Å². The summed E-state index contributed by atoms with van der Waals surface area (Å²) in [4.78, 5) is 12.2. The standard InChI is InChI=1S/C13H15ClO4/c1-16-11-6-8(9(14)7-12(11)17-2)13(15)10-4-3-5-18-10/h6-7,10H,3-5H2,1-2H3. The molecule has 1 aromatic rings. The molecule has 1 fully saturated rings. The van der Waals surface area contributed by atoms with Gasteiger partial charge in [0.1, 0.15) is 6.10 Å². The fraction of sp³-hybridized carbons (Fsp3) is 0.462. The Bertz CT molecular complexity index is 453. The van der Waals surface area contributed by atoms with Crippen LogP contribution in [0.3, 0.4) is 0 Å². The molecule has 1 aliphatic rings. The summed E-state index contributed by atoms with van der Waals surface area (Å²) in [6.45, 7) is 0.626. The van der Waals surface area contributed by atoms with Gasteiger partial charge in [0.05, 0.1) is 19.2 Å². The summed E-state index contributed by atoms with van der Waals surface area (Å²) in [5.74, 6) is 0.896. The molecule has 1 aromatic carbocycles. The van der Waals surface area contributed by atoms with E-state index in [1.807, 2.05) is 0 Å². The maximum Gasteiger partial charge on any atom is 0.193 e. The van der Waals surface area contributed by atoms with Gasteiger partial charge in [-0.05, 0) is 18.9 Å². The molecule has 1 unspecified atom stereocenters. The average molecular weight is 271 g/mol. The molecule has 2 rings (SSSR count). The molecule has 0 saturated carbocycles. The Morgan fingerprint density at radius 3 is 2.56 bits per heavy atom. The molecular formula is C13H15ClO4. The first-order chi connectivity index (χ1) is 8.67. The van der Waals surface area contributed by atoms with E-state index in [1.54, 1.807) is 12.1 Å². The van der Waals surface area contributed by atoms with Crippen LogP contribution in [0.1, 0.15) is 23.2 Å². The minimum Gasteiger partial charge on any atom is -0.493 e. The van der Waals surface area contributed by atoms with Crippen molar-refractivity contribution in [2.24, 2.45) is 0 Å². The Hall–Kier alpha value is -1.26. The number of ether oxygens (including phenoxy) is 3. The Morgan fingerprint density at radius 1 is 1.33 bits per heavy atom. The Labute approximate surface area is 111 Å². The molecular weight excluding hydrogens is 256 g/mol. The zero-order chi connectivity index (χ0) is 13.1. The van der Waals surface area contributed by atoms with Gasteiger partial charge >= 0.3 is 0 Å². The lowest BCUT2D eigenvalue weighted by Crippen LogP contribution is -2.19. The van der Waals surface area contributed by atoms with Gasteiger partial charge in [-0.25, -0.2) is 0 Å². The number of ketones is 1. The molecule has 5 heteroatoms. The number of benzene rings is 1. The minimum atomic E-state index is -0.388. The second-order valence-corrected chi connectivity index (χ2v) is 4.46. The van der Waals surface area contributed by atoms with Crippen LogP contribution in [0, 0.1) is 0 Å². The maximum atomic E-state index is 12.2. The molecule has 0 amide bonds. The Morgan fingerprint density at radius 2 is 2.00 bits per heavy atom. The van der Waals surface area contributed by atoms with E-state index < -0.39 is 0 Å². The first-order valence-corrected chi connectivity index (χ1v) is 6.12. The third-order valence-corrected chi connectivity index (χ3v) is 3.27. The zero-order valence-corrected chi connectivity index (χ0v) is 11.1. The molecule has 0 radical (unpaired) electrons. The molecule has 4 nitrogen and oxygen atoms in total. The lowest BCUT2D eigenvalue weighted by Gasteiger charge is -2.13. The summed E-state index contributed by atoms with van der Waals surface area (Å²) in [6, 6.07) is 3.19. The van der Waals surface area contributed by atoms with Crippen LogP contribution in [0.25, 0.3) is 0 Å². The lowest BCUT2D eigenvalue weighted by atomic mass is 10.0. The zero-order valence-electron chi connectivity index (χ0n) is 10.4. The smallest absolute Gasteiger partial charge is 0.193 e. The molecule has 1 atom stereocenters. The fourth-order valence-electron chi connectivity index (χ4n) is 2.00. The van der Waals surface area contributed by atoms with Crippen LogP contribution in [-0.2, 0) is 4.74 Å². The minimum absolute atomic E-state index is 0.0987. The van der Waals surface area contributed by atoms with Crippen LogP contribution < -0.4 is 9.47 Å². The highest BCUT2D eigenvalue weighted by atomic mass is 35.5. The van der Waals surface area contributed by atoms with Gasteiger partial charge < -0.3 is 14.2 Å². The van der Waals surface area contributed by atoms with E-state index in [0.29, 0.717) is 28.7 Å². The fourth-order valence-corrected chi connectivity index (χ4v) is 2.25. The van der Waals surface area contributed by atoms with E-state index in [4.69, 9.17) is 25.8 Å². The van der Waals surface area contributed by atoms with Crippen molar-refractivity contribution in [2.75, 3.05) is 20.8 Å². The van der Waals surface area contributed by atoms with Crippen LogP contribution in [-0.4, -0.2) is 32.7 Å². The van der Waals surface area contributed by atoms with Crippen molar-refractivity contribution in [2.45, 2.75) is 18.9 Å². The van der Waals surface area contributed by atoms with Crippen LogP contribution >= 0.6 is 11.6 Å². The highest BCUT2D eigenvalue weighted by Gasteiger charge is 2.27. The Kier molecular flexibility index (Phi) is 4.09. The van der Waals surface area contributed by atoms with Crippen molar-refractivity contribution < 1.29 is 19.0 Å². The van der Waals surface area contributed by atoms with Crippen molar-refractivity contribution in [1.29, 1.82) is 0 Å². The predicted octanol–water partition coefficient (Wildman–Crippen LogP) is 2.72. The summed E-state index contributed by atoms with van der Waals surface area (Å²) >= 11 is 6.10. The first-order valence-electron chi connectivity index (χ1n) is 5.74. The van der Waals surface area contributed by atoms with Gasteiger partial charge in [0.25, 0.3) is 0 Å². The SMILES string of the molecule is COc1cc(Cl)c(C(=O)C2CCCO2)cc1OC. The maximum absolute atomic E-state index is 12.2. The van der Waals surface area contributed by atoms with Crippen molar-refractivity contribution >= 4 is 17.4 Å². The van der Waals surface area contributed by atoms with E-state index >= 15 is 0 Å². The number of carbonyl (C=O) groups is 1. The predicted molar refractivity (Wildman–Crippen MR) is 67.9 cm³/mol. The molecule has 0 bridgehead atoms. The first kappa shape index (κ1) is 13.2. The molecule has 18 heavy (non-hydrogen) atoms. The number of methoxy groups -OCH3 is 2. The van der Waals surface area contributed by atoms with Crippen molar-refractivity contribution in [3.8, 4) is 11.5 Å². The van der Waals surface area contributed by atoms with E-state index in [2.05, 4.69) is 0 Å². The van der Waals surface area contributed by atoms with Crippen LogP contribution in [0.5, 0.6) is 11.5 Å². The highest BCUT2D eigenvalue weighted by molar-refractivity contribution is 6.34. The molecule has 0 aromatic heterocycles. The third-order valence-electron chi connectivity index (χ3n) is 2.96. The summed E-state index contributed by atoms with van der Waals surface area (Å²) in [6.07, 6.45) is 1.26. The van der Waals surface area contributed by atoms with Crippen LogP contribution in [0.4, 0.5) is 0 Å². The van der Waals surface area contributed by atoms with Gasteiger partial charge in [0.2, 0.25) is 0 Å². The van der Waals surface area contributed by atoms with Gasteiger partial charge in [-0.3, -0.25) is 4.79 Å². The number of hydrogen-bond acceptors (Lipinski definition) is 4. The van der Waals surface area contributed by atoms with E-state index in [9.17, 15) is 4.79 Å². The van der Waals surface area contributed by atoms with Crippen molar-refractivity contribution in [1.82, 2.24) is 0 Å². The van der Waals surface area contributed by atoms with Gasteiger partial charge in [-0.2, -0.15) is 0 Å². The molecule has 1 saturated heterocycles. The number of carbonyl (C=O) groups excluding carboxylic acids is 1. The third kappa shape index (κ3) is 2.44. The quantitative estimate of drug-likeness (QED) is 0.789. The van der Waals surface area contributed by atoms with E-state index in [1.165, 1.54) is 14.2 Å². The van der Waals surface area contributed by atoms with Gasteiger partial charge in [0.15, 0.2) is 17.3 Å². The van der Waals surface area contributed by atoms with E-state index in [0.717, 1.165) is 12.8 Å². The molecule has 98 valence electrons. The van der Waals surface area contributed by atoms with Crippen molar-refractivity contribution in [3.05, 3.63) is 22.7 Å². The van der Waals surface area contributed by atoms with Gasteiger partial charge in [-0.15, -0.1) is 0 Å². The number of hydrogen-bond donors (Lipinski definition) is 0. The summed E-state index contributed by atoms with van der Waals surface area (Å²) in [5, 5.41) is 0.355. The normalized spacial score (nSPS) is 18.7. The second-order valence-electron chi connectivity index (χ2n) is 4.05. The van der Waals surface area contributed by atoms with Gasteiger partial charge in [0, 0.05) is 18.2 Å². The number of rotatable bonds is 4. The lowest BCUT2D eigenvalue weighted by molar-refractivity contribution is 0.0642. The summed E-state index contributed by atoms with van der Waals surface area (Å²) in [5.41, 5.74) is 0.418. The molecule has 1 heterocycles.